The van der Waals surface area contributed by atoms with Crippen LogP contribution in [0.5, 0.6) is 0 Å². The first-order chi connectivity index (χ1) is 7.65. The lowest BCUT2D eigenvalue weighted by Crippen LogP contribution is -2.40. The number of aryl methyl sites for hydroxylation is 1. The third kappa shape index (κ3) is 2.25. The molecule has 1 aliphatic carbocycles. The molecule has 0 amide bonds. The second kappa shape index (κ2) is 4.51. The van der Waals surface area contributed by atoms with Gasteiger partial charge in [-0.25, -0.2) is 4.98 Å². The van der Waals surface area contributed by atoms with Crippen LogP contribution in [0.4, 0.5) is 5.95 Å². The van der Waals surface area contributed by atoms with E-state index in [0.29, 0.717) is 23.3 Å². The van der Waals surface area contributed by atoms with Crippen molar-refractivity contribution in [2.75, 3.05) is 18.5 Å². The monoisotopic (exact) mass is 242 g/mol. The van der Waals surface area contributed by atoms with Gasteiger partial charge in [-0.3, -0.25) is 0 Å². The molecule has 0 saturated heterocycles. The van der Waals surface area contributed by atoms with E-state index >= 15 is 0 Å². The maximum atomic E-state index is 9.30. The Labute approximate surface area is 99.3 Å². The van der Waals surface area contributed by atoms with Crippen LogP contribution >= 0.6 is 11.6 Å². The quantitative estimate of drug-likeness (QED) is 0.835. The minimum atomic E-state index is 0.0108. The molecule has 1 heterocycles. The average Bonchev–Trinajstić information content (AvgIpc) is 2.22. The smallest absolute Gasteiger partial charge is 0.243 e. The van der Waals surface area contributed by atoms with Gasteiger partial charge in [-0.05, 0) is 19.8 Å². The number of aliphatic hydroxyl groups is 1. The van der Waals surface area contributed by atoms with Crippen LogP contribution in [0.1, 0.15) is 25.0 Å². The lowest BCUT2D eigenvalue weighted by Gasteiger charge is -2.40. The van der Waals surface area contributed by atoms with E-state index in [2.05, 4.69) is 20.5 Å². The molecule has 0 bridgehead atoms. The molecule has 1 aliphatic rings. The molecule has 88 valence electrons. The SMILES string of the molecule is Cc1nc(NCC2(CO)CCC2)nnc1Cl. The molecular weight excluding hydrogens is 228 g/mol. The van der Waals surface area contributed by atoms with Crippen LogP contribution < -0.4 is 5.32 Å². The molecule has 1 fully saturated rings. The number of aromatic nitrogens is 3. The first kappa shape index (κ1) is 11.5. The third-order valence-electron chi connectivity index (χ3n) is 3.18. The van der Waals surface area contributed by atoms with E-state index in [4.69, 9.17) is 11.6 Å². The van der Waals surface area contributed by atoms with Gasteiger partial charge in [0.05, 0.1) is 12.3 Å². The molecule has 0 spiro atoms. The summed E-state index contributed by atoms with van der Waals surface area (Å²) in [5, 5.41) is 20.3. The highest BCUT2D eigenvalue weighted by molar-refractivity contribution is 6.29. The van der Waals surface area contributed by atoms with Gasteiger partial charge in [0.15, 0.2) is 5.15 Å². The van der Waals surface area contributed by atoms with Crippen molar-refractivity contribution in [3.8, 4) is 0 Å². The highest BCUT2D eigenvalue weighted by Gasteiger charge is 2.36. The summed E-state index contributed by atoms with van der Waals surface area (Å²) in [7, 11) is 0. The van der Waals surface area contributed by atoms with E-state index in [1.54, 1.807) is 6.92 Å². The molecule has 0 unspecified atom stereocenters. The number of hydrogen-bond acceptors (Lipinski definition) is 5. The van der Waals surface area contributed by atoms with Crippen molar-refractivity contribution in [3.63, 3.8) is 0 Å². The third-order valence-corrected chi connectivity index (χ3v) is 3.52. The summed E-state index contributed by atoms with van der Waals surface area (Å²) in [5.74, 6) is 0.474. The summed E-state index contributed by atoms with van der Waals surface area (Å²) in [6, 6.07) is 0. The molecule has 1 saturated carbocycles. The minimum Gasteiger partial charge on any atom is -0.396 e. The van der Waals surface area contributed by atoms with E-state index in [9.17, 15) is 5.11 Å². The second-order valence-corrected chi connectivity index (χ2v) is 4.73. The van der Waals surface area contributed by atoms with Crippen molar-refractivity contribution in [1.82, 2.24) is 15.2 Å². The molecule has 6 heteroatoms. The van der Waals surface area contributed by atoms with Crippen molar-refractivity contribution in [2.24, 2.45) is 5.41 Å². The highest BCUT2D eigenvalue weighted by atomic mass is 35.5. The van der Waals surface area contributed by atoms with Crippen LogP contribution in [0.3, 0.4) is 0 Å². The fourth-order valence-corrected chi connectivity index (χ4v) is 1.88. The van der Waals surface area contributed by atoms with Gasteiger partial charge >= 0.3 is 0 Å². The number of rotatable bonds is 4. The molecular formula is C10H15ClN4O. The zero-order valence-corrected chi connectivity index (χ0v) is 9.96. The fraction of sp³-hybridized carbons (Fsp3) is 0.700. The Kier molecular flexibility index (Phi) is 3.25. The Hall–Kier alpha value is -0.940. The van der Waals surface area contributed by atoms with Crippen LogP contribution in [0, 0.1) is 12.3 Å². The first-order valence-electron chi connectivity index (χ1n) is 5.37. The summed E-state index contributed by atoms with van der Waals surface area (Å²) >= 11 is 5.73. The lowest BCUT2D eigenvalue weighted by atomic mass is 9.69. The van der Waals surface area contributed by atoms with Gasteiger partial charge in [0.1, 0.15) is 0 Å². The average molecular weight is 243 g/mol. The van der Waals surface area contributed by atoms with Crippen molar-refractivity contribution < 1.29 is 5.11 Å². The number of hydrogen-bond donors (Lipinski definition) is 2. The van der Waals surface area contributed by atoms with Gasteiger partial charge < -0.3 is 10.4 Å². The van der Waals surface area contributed by atoms with Gasteiger partial charge in [0.25, 0.3) is 0 Å². The molecule has 2 rings (SSSR count). The number of nitrogens with one attached hydrogen (secondary N) is 1. The Balaban J connectivity index is 1.96. The number of aliphatic hydroxyl groups excluding tert-OH is 1. The summed E-state index contributed by atoms with van der Waals surface area (Å²) < 4.78 is 0. The number of halogens is 1. The van der Waals surface area contributed by atoms with Crippen LogP contribution in [0.15, 0.2) is 0 Å². The fourth-order valence-electron chi connectivity index (χ4n) is 1.80. The Morgan fingerprint density at radius 3 is 2.69 bits per heavy atom. The van der Waals surface area contributed by atoms with Crippen molar-refractivity contribution in [2.45, 2.75) is 26.2 Å². The van der Waals surface area contributed by atoms with Crippen LogP contribution in [-0.4, -0.2) is 33.4 Å². The van der Waals surface area contributed by atoms with E-state index in [0.717, 1.165) is 12.8 Å². The Bertz CT molecular complexity index is 376. The topological polar surface area (TPSA) is 70.9 Å². The molecule has 2 N–H and O–H groups in total. The van der Waals surface area contributed by atoms with E-state index in [-0.39, 0.29) is 12.0 Å². The molecule has 0 aliphatic heterocycles. The molecule has 1 aromatic heterocycles. The van der Waals surface area contributed by atoms with E-state index in [1.807, 2.05) is 0 Å². The normalized spacial score (nSPS) is 17.9. The summed E-state index contributed by atoms with van der Waals surface area (Å²) in [6.45, 7) is 2.68. The van der Waals surface area contributed by atoms with Crippen molar-refractivity contribution in [3.05, 3.63) is 10.8 Å². The molecule has 1 aromatic rings. The summed E-state index contributed by atoms with van der Waals surface area (Å²) in [5.41, 5.74) is 0.669. The van der Waals surface area contributed by atoms with Gasteiger partial charge in [-0.2, -0.15) is 0 Å². The Morgan fingerprint density at radius 2 is 2.19 bits per heavy atom. The zero-order valence-electron chi connectivity index (χ0n) is 9.20. The predicted octanol–water partition coefficient (Wildman–Crippen LogP) is 1.41. The summed E-state index contributed by atoms with van der Waals surface area (Å²) in [6.07, 6.45) is 3.29. The summed E-state index contributed by atoms with van der Waals surface area (Å²) in [4.78, 5) is 4.17. The standard InChI is InChI=1S/C10H15ClN4O/c1-7-8(11)14-15-9(13-7)12-5-10(6-16)3-2-4-10/h16H,2-6H2,1H3,(H,12,13,15). The zero-order chi connectivity index (χ0) is 11.6. The number of nitrogens with zero attached hydrogens (tertiary/aromatic N) is 3. The molecule has 0 atom stereocenters. The molecule has 16 heavy (non-hydrogen) atoms. The van der Waals surface area contributed by atoms with Gasteiger partial charge in [0, 0.05) is 12.0 Å². The van der Waals surface area contributed by atoms with Crippen LogP contribution in [0.25, 0.3) is 0 Å². The molecule has 5 nitrogen and oxygen atoms in total. The highest BCUT2D eigenvalue weighted by Crippen LogP contribution is 2.40. The van der Waals surface area contributed by atoms with E-state index < -0.39 is 0 Å². The first-order valence-corrected chi connectivity index (χ1v) is 5.75. The van der Waals surface area contributed by atoms with Gasteiger partial charge in [0.2, 0.25) is 5.95 Å². The largest absolute Gasteiger partial charge is 0.396 e. The van der Waals surface area contributed by atoms with Crippen molar-refractivity contribution >= 4 is 17.5 Å². The predicted molar refractivity (Wildman–Crippen MR) is 61.4 cm³/mol. The molecule has 0 aromatic carbocycles. The second-order valence-electron chi connectivity index (χ2n) is 4.38. The molecule has 0 radical (unpaired) electrons. The van der Waals surface area contributed by atoms with Gasteiger partial charge in [-0.15, -0.1) is 10.2 Å². The lowest BCUT2D eigenvalue weighted by molar-refractivity contribution is 0.0574. The van der Waals surface area contributed by atoms with E-state index in [1.165, 1.54) is 6.42 Å². The maximum absolute atomic E-state index is 9.30. The maximum Gasteiger partial charge on any atom is 0.243 e. The minimum absolute atomic E-state index is 0.0108. The van der Waals surface area contributed by atoms with Crippen molar-refractivity contribution in [1.29, 1.82) is 0 Å². The van der Waals surface area contributed by atoms with Gasteiger partial charge in [-0.1, -0.05) is 18.0 Å². The van der Waals surface area contributed by atoms with Crippen LogP contribution in [0.2, 0.25) is 5.15 Å². The Morgan fingerprint density at radius 1 is 1.44 bits per heavy atom. The van der Waals surface area contributed by atoms with Crippen LogP contribution in [-0.2, 0) is 0 Å². The number of anilines is 1.